The molecule has 0 saturated carbocycles. The van der Waals surface area contributed by atoms with Gasteiger partial charge in [-0.2, -0.15) is 10.2 Å². The first-order valence-electron chi connectivity index (χ1n) is 9.96. The molecule has 7 heteroatoms. The van der Waals surface area contributed by atoms with Crippen molar-refractivity contribution in [3.05, 3.63) is 71.4 Å². The highest BCUT2D eigenvalue weighted by molar-refractivity contribution is 7.97. The normalized spacial score (nSPS) is 14.4. The van der Waals surface area contributed by atoms with Gasteiger partial charge in [0.1, 0.15) is 5.82 Å². The molecule has 1 fully saturated rings. The number of rotatable bonds is 5. The van der Waals surface area contributed by atoms with Gasteiger partial charge in [0.15, 0.2) is 0 Å². The van der Waals surface area contributed by atoms with E-state index in [-0.39, 0.29) is 0 Å². The van der Waals surface area contributed by atoms with Crippen LogP contribution < -0.4 is 10.2 Å². The first kappa shape index (κ1) is 20.2. The Morgan fingerprint density at radius 2 is 1.63 bits per heavy atom. The summed E-state index contributed by atoms with van der Waals surface area (Å²) in [6.07, 6.45) is 0. The van der Waals surface area contributed by atoms with E-state index in [4.69, 9.17) is 10.2 Å². The first-order chi connectivity index (χ1) is 14.6. The molecule has 1 N–H and O–H groups in total. The predicted molar refractivity (Wildman–Crippen MR) is 122 cm³/mol. The number of nitriles is 1. The molecule has 3 aromatic rings. The van der Waals surface area contributed by atoms with Crippen LogP contribution in [-0.4, -0.2) is 40.5 Å². The monoisotopic (exact) mass is 416 g/mol. The number of nitrogens with one attached hydrogen (secondary N) is 1. The average Bonchev–Trinajstić information content (AvgIpc) is 2.76. The van der Waals surface area contributed by atoms with Gasteiger partial charge in [-0.15, -0.1) is 0 Å². The predicted octanol–water partition coefficient (Wildman–Crippen LogP) is 4.54. The zero-order valence-corrected chi connectivity index (χ0v) is 18.0. The van der Waals surface area contributed by atoms with Gasteiger partial charge in [0.05, 0.1) is 11.6 Å². The van der Waals surface area contributed by atoms with E-state index in [0.29, 0.717) is 5.56 Å². The van der Waals surface area contributed by atoms with Crippen LogP contribution in [0.3, 0.4) is 0 Å². The standard InChI is InChI=1S/C23H24N6S/c1-17-3-9-21(10-4-17)30-29-13-11-28(12-14-29)23-25-18(2)15-22(27-23)26-20-7-5-19(16-24)6-8-20/h3-10,15H,11-14H2,1-2H3,(H,25,26,27). The van der Waals surface area contributed by atoms with E-state index in [9.17, 15) is 0 Å². The van der Waals surface area contributed by atoms with Crippen LogP contribution in [0.5, 0.6) is 0 Å². The SMILES string of the molecule is Cc1ccc(SN2CCN(c3nc(C)cc(Nc4ccc(C#N)cc4)n3)CC2)cc1. The second kappa shape index (κ2) is 9.16. The largest absolute Gasteiger partial charge is 0.340 e. The van der Waals surface area contributed by atoms with Crippen molar-refractivity contribution in [1.82, 2.24) is 14.3 Å². The number of aromatic nitrogens is 2. The zero-order chi connectivity index (χ0) is 20.9. The van der Waals surface area contributed by atoms with Crippen molar-refractivity contribution < 1.29 is 0 Å². The van der Waals surface area contributed by atoms with Crippen molar-refractivity contribution in [1.29, 1.82) is 5.26 Å². The van der Waals surface area contributed by atoms with Crippen LogP contribution in [0.15, 0.2) is 59.5 Å². The van der Waals surface area contributed by atoms with Crippen LogP contribution in [0.1, 0.15) is 16.8 Å². The van der Waals surface area contributed by atoms with Gasteiger partial charge >= 0.3 is 0 Å². The molecule has 2 aromatic carbocycles. The van der Waals surface area contributed by atoms with Crippen molar-refractivity contribution in [2.24, 2.45) is 0 Å². The van der Waals surface area contributed by atoms with E-state index in [1.807, 2.05) is 37.1 Å². The Bertz CT molecular complexity index is 1030. The molecule has 4 rings (SSSR count). The maximum Gasteiger partial charge on any atom is 0.227 e. The molecule has 0 atom stereocenters. The molecule has 0 unspecified atom stereocenters. The molecule has 0 bridgehead atoms. The fourth-order valence-corrected chi connectivity index (χ4v) is 4.16. The minimum absolute atomic E-state index is 0.640. The van der Waals surface area contributed by atoms with Crippen LogP contribution in [0.4, 0.5) is 17.5 Å². The van der Waals surface area contributed by atoms with Crippen LogP contribution in [0, 0.1) is 25.2 Å². The molecule has 0 aliphatic carbocycles. The highest BCUT2D eigenvalue weighted by atomic mass is 32.2. The fraction of sp³-hybridized carbons (Fsp3) is 0.261. The number of aryl methyl sites for hydroxylation is 2. The van der Waals surface area contributed by atoms with Gasteiger partial charge in [0, 0.05) is 48.5 Å². The Hall–Kier alpha value is -3.08. The molecule has 1 saturated heterocycles. The lowest BCUT2D eigenvalue weighted by atomic mass is 10.2. The number of nitrogens with zero attached hydrogens (tertiary/aromatic N) is 5. The quantitative estimate of drug-likeness (QED) is 0.613. The minimum atomic E-state index is 0.640. The number of benzene rings is 2. The van der Waals surface area contributed by atoms with E-state index in [0.717, 1.165) is 49.3 Å². The Morgan fingerprint density at radius 1 is 0.933 bits per heavy atom. The van der Waals surface area contributed by atoms with Gasteiger partial charge < -0.3 is 10.2 Å². The summed E-state index contributed by atoms with van der Waals surface area (Å²) in [7, 11) is 0. The van der Waals surface area contributed by atoms with Crippen LogP contribution in [0.2, 0.25) is 0 Å². The van der Waals surface area contributed by atoms with Crippen molar-refractivity contribution in [2.75, 3.05) is 36.4 Å². The highest BCUT2D eigenvalue weighted by Crippen LogP contribution is 2.26. The Labute approximate surface area is 181 Å². The van der Waals surface area contributed by atoms with E-state index < -0.39 is 0 Å². The number of piperazine rings is 1. The lowest BCUT2D eigenvalue weighted by molar-refractivity contribution is 0.426. The molecule has 2 heterocycles. The molecule has 1 aromatic heterocycles. The Kier molecular flexibility index (Phi) is 6.17. The van der Waals surface area contributed by atoms with Crippen molar-refractivity contribution in [3.63, 3.8) is 0 Å². The molecule has 152 valence electrons. The van der Waals surface area contributed by atoms with Crippen LogP contribution in [0.25, 0.3) is 0 Å². The Balaban J connectivity index is 1.39. The van der Waals surface area contributed by atoms with Crippen molar-refractivity contribution in [3.8, 4) is 6.07 Å². The number of hydrogen-bond acceptors (Lipinski definition) is 7. The van der Waals surface area contributed by atoms with Gasteiger partial charge in [0.25, 0.3) is 0 Å². The number of hydrogen-bond donors (Lipinski definition) is 1. The van der Waals surface area contributed by atoms with E-state index in [1.165, 1.54) is 10.5 Å². The lowest BCUT2D eigenvalue weighted by Gasteiger charge is -2.34. The van der Waals surface area contributed by atoms with Gasteiger partial charge in [-0.25, -0.2) is 9.29 Å². The molecule has 0 amide bonds. The topological polar surface area (TPSA) is 68.1 Å². The summed E-state index contributed by atoms with van der Waals surface area (Å²) in [5, 5.41) is 12.3. The molecule has 1 aliphatic rings. The van der Waals surface area contributed by atoms with Gasteiger partial charge in [-0.05, 0) is 62.2 Å². The van der Waals surface area contributed by atoms with E-state index in [1.54, 1.807) is 12.1 Å². The summed E-state index contributed by atoms with van der Waals surface area (Å²) in [6.45, 7) is 7.78. The maximum atomic E-state index is 8.95. The first-order valence-corrected chi connectivity index (χ1v) is 10.7. The molecular weight excluding hydrogens is 392 g/mol. The van der Waals surface area contributed by atoms with Crippen LogP contribution >= 0.6 is 11.9 Å². The molecule has 30 heavy (non-hydrogen) atoms. The lowest BCUT2D eigenvalue weighted by Crippen LogP contribution is -2.44. The van der Waals surface area contributed by atoms with Crippen LogP contribution in [-0.2, 0) is 0 Å². The third-order valence-electron chi connectivity index (χ3n) is 4.91. The summed E-state index contributed by atoms with van der Waals surface area (Å²) in [4.78, 5) is 12.9. The fourth-order valence-electron chi connectivity index (χ4n) is 3.26. The molecule has 6 nitrogen and oxygen atoms in total. The van der Waals surface area contributed by atoms with Crippen molar-refractivity contribution in [2.45, 2.75) is 18.7 Å². The van der Waals surface area contributed by atoms with Gasteiger partial charge in [-0.1, -0.05) is 17.7 Å². The molecule has 0 spiro atoms. The smallest absolute Gasteiger partial charge is 0.227 e. The average molecular weight is 417 g/mol. The molecular formula is C23H24N6S. The third kappa shape index (κ3) is 5.09. The summed E-state index contributed by atoms with van der Waals surface area (Å²) in [5.41, 5.74) is 3.75. The van der Waals surface area contributed by atoms with Gasteiger partial charge in [-0.3, -0.25) is 0 Å². The zero-order valence-electron chi connectivity index (χ0n) is 17.2. The molecule has 1 aliphatic heterocycles. The second-order valence-corrected chi connectivity index (χ2v) is 8.50. The summed E-state index contributed by atoms with van der Waals surface area (Å²) in [6, 6.07) is 20.1. The minimum Gasteiger partial charge on any atom is -0.340 e. The second-order valence-electron chi connectivity index (χ2n) is 7.33. The number of anilines is 3. The third-order valence-corrected chi connectivity index (χ3v) is 6.01. The maximum absolute atomic E-state index is 8.95. The summed E-state index contributed by atoms with van der Waals surface area (Å²) < 4.78 is 2.40. The van der Waals surface area contributed by atoms with E-state index in [2.05, 4.69) is 56.8 Å². The van der Waals surface area contributed by atoms with Crippen molar-refractivity contribution >= 4 is 29.4 Å². The summed E-state index contributed by atoms with van der Waals surface area (Å²) >= 11 is 1.81. The Morgan fingerprint density at radius 3 is 2.30 bits per heavy atom. The molecule has 0 radical (unpaired) electrons. The highest BCUT2D eigenvalue weighted by Gasteiger charge is 2.20. The summed E-state index contributed by atoms with van der Waals surface area (Å²) in [5.74, 6) is 1.52. The van der Waals surface area contributed by atoms with Gasteiger partial charge in [0.2, 0.25) is 5.95 Å². The van der Waals surface area contributed by atoms with E-state index >= 15 is 0 Å².